The molecule has 1 aromatic heterocycles. The molecule has 0 atom stereocenters. The summed E-state index contributed by atoms with van der Waals surface area (Å²) in [7, 11) is 0. The molecule has 0 saturated heterocycles. The molecule has 1 heterocycles. The average molecular weight is 296 g/mol. The van der Waals surface area contributed by atoms with Crippen LogP contribution in [0.1, 0.15) is 25.8 Å². The fraction of sp³-hybridized carbons (Fsp3) is 0.308. The molecule has 0 N–H and O–H groups in total. The Hall–Kier alpha value is -0.670. The molecule has 0 fully saturated rings. The number of aromatic nitrogens is 1. The van der Waals surface area contributed by atoms with E-state index >= 15 is 0 Å². The van der Waals surface area contributed by atoms with Crippen LogP contribution in [-0.2, 0) is 5.41 Å². The van der Waals surface area contributed by atoms with Crippen molar-refractivity contribution < 1.29 is 0 Å². The lowest BCUT2D eigenvalue weighted by atomic mass is 9.98. The molecule has 0 saturated carbocycles. The van der Waals surface area contributed by atoms with Crippen molar-refractivity contribution in [3.63, 3.8) is 0 Å². The van der Waals surface area contributed by atoms with Crippen LogP contribution in [0.15, 0.2) is 34.1 Å². The molecule has 0 bridgehead atoms. The van der Waals surface area contributed by atoms with Crippen LogP contribution in [0.25, 0.3) is 11.3 Å². The largest absolute Gasteiger partial charge is 0.241 e. The van der Waals surface area contributed by atoms with Crippen LogP contribution in [0, 0.1) is 0 Å². The third-order valence-corrected chi connectivity index (χ3v) is 4.26. The minimum absolute atomic E-state index is 0.129. The number of hydrogen-bond acceptors (Lipinski definition) is 2. The highest BCUT2D eigenvalue weighted by molar-refractivity contribution is 9.10. The van der Waals surface area contributed by atoms with Crippen LogP contribution in [0.4, 0.5) is 0 Å². The number of benzene rings is 1. The standard InChI is InChI=1S/C13H14BrNS/c1-13(2,3)12-15-11(8-16-12)9-6-4-5-7-10(9)14/h4-8H,1-3H3. The summed E-state index contributed by atoms with van der Waals surface area (Å²) in [6, 6.07) is 8.19. The Bertz CT molecular complexity index is 497. The first kappa shape index (κ1) is 11.8. The van der Waals surface area contributed by atoms with Crippen LogP contribution in [0.2, 0.25) is 0 Å². The Labute approximate surface area is 109 Å². The maximum atomic E-state index is 4.70. The van der Waals surface area contributed by atoms with Crippen molar-refractivity contribution in [2.75, 3.05) is 0 Å². The van der Waals surface area contributed by atoms with E-state index < -0.39 is 0 Å². The first-order chi connectivity index (χ1) is 7.48. The van der Waals surface area contributed by atoms with E-state index in [1.807, 2.05) is 18.2 Å². The summed E-state index contributed by atoms with van der Waals surface area (Å²) >= 11 is 5.29. The van der Waals surface area contributed by atoms with Crippen molar-refractivity contribution in [1.82, 2.24) is 4.98 Å². The van der Waals surface area contributed by atoms with Gasteiger partial charge >= 0.3 is 0 Å². The van der Waals surface area contributed by atoms with Gasteiger partial charge < -0.3 is 0 Å². The van der Waals surface area contributed by atoms with Gasteiger partial charge in [0.25, 0.3) is 0 Å². The van der Waals surface area contributed by atoms with Gasteiger partial charge in [-0.3, -0.25) is 0 Å². The Morgan fingerprint density at radius 2 is 1.88 bits per heavy atom. The molecule has 0 aliphatic carbocycles. The second-order valence-electron chi connectivity index (χ2n) is 4.77. The van der Waals surface area contributed by atoms with E-state index in [2.05, 4.69) is 48.1 Å². The fourth-order valence-electron chi connectivity index (χ4n) is 1.41. The van der Waals surface area contributed by atoms with E-state index in [9.17, 15) is 0 Å². The van der Waals surface area contributed by atoms with Crippen LogP contribution < -0.4 is 0 Å². The maximum absolute atomic E-state index is 4.70. The van der Waals surface area contributed by atoms with E-state index in [4.69, 9.17) is 4.98 Å². The summed E-state index contributed by atoms with van der Waals surface area (Å²) in [5.41, 5.74) is 2.35. The third kappa shape index (κ3) is 2.36. The molecule has 0 spiro atoms. The molecule has 2 aromatic rings. The Morgan fingerprint density at radius 3 is 2.44 bits per heavy atom. The summed E-state index contributed by atoms with van der Waals surface area (Å²) in [5.74, 6) is 0. The lowest BCUT2D eigenvalue weighted by Crippen LogP contribution is -2.10. The molecular formula is C13H14BrNS. The molecule has 2 rings (SSSR count). The highest BCUT2D eigenvalue weighted by atomic mass is 79.9. The first-order valence-electron chi connectivity index (χ1n) is 5.19. The van der Waals surface area contributed by atoms with Crippen molar-refractivity contribution in [3.05, 3.63) is 39.1 Å². The zero-order valence-electron chi connectivity index (χ0n) is 9.62. The third-order valence-electron chi connectivity index (χ3n) is 2.30. The second kappa shape index (κ2) is 4.30. The van der Waals surface area contributed by atoms with E-state index in [1.165, 1.54) is 5.01 Å². The topological polar surface area (TPSA) is 12.9 Å². The van der Waals surface area contributed by atoms with Gasteiger partial charge in [0.05, 0.1) is 10.7 Å². The molecule has 1 aromatic carbocycles. The summed E-state index contributed by atoms with van der Waals surface area (Å²) in [5, 5.41) is 3.30. The molecule has 3 heteroatoms. The minimum Gasteiger partial charge on any atom is -0.241 e. The number of halogens is 1. The van der Waals surface area contributed by atoms with Crippen molar-refractivity contribution in [2.24, 2.45) is 0 Å². The second-order valence-corrected chi connectivity index (χ2v) is 6.48. The van der Waals surface area contributed by atoms with Crippen LogP contribution in [-0.4, -0.2) is 4.98 Å². The van der Waals surface area contributed by atoms with Crippen molar-refractivity contribution in [2.45, 2.75) is 26.2 Å². The lowest BCUT2D eigenvalue weighted by Gasteiger charge is -2.13. The SMILES string of the molecule is CC(C)(C)c1nc(-c2ccccc2Br)cs1. The molecule has 84 valence electrons. The highest BCUT2D eigenvalue weighted by Crippen LogP contribution is 2.32. The Morgan fingerprint density at radius 1 is 1.19 bits per heavy atom. The quantitative estimate of drug-likeness (QED) is 0.731. The predicted molar refractivity (Wildman–Crippen MR) is 74.0 cm³/mol. The van der Waals surface area contributed by atoms with Gasteiger partial charge in [0.15, 0.2) is 0 Å². The Balaban J connectivity index is 2.44. The van der Waals surface area contributed by atoms with Gasteiger partial charge in [0, 0.05) is 20.8 Å². The summed E-state index contributed by atoms with van der Waals surface area (Å²) in [6.07, 6.45) is 0. The van der Waals surface area contributed by atoms with Gasteiger partial charge in [0.2, 0.25) is 0 Å². The number of thiazole rings is 1. The van der Waals surface area contributed by atoms with Crippen LogP contribution in [0.5, 0.6) is 0 Å². The van der Waals surface area contributed by atoms with Gasteiger partial charge in [-0.25, -0.2) is 4.98 Å². The lowest BCUT2D eigenvalue weighted by molar-refractivity contribution is 0.586. The smallest absolute Gasteiger partial charge is 0.0986 e. The molecular weight excluding hydrogens is 282 g/mol. The maximum Gasteiger partial charge on any atom is 0.0986 e. The number of rotatable bonds is 1. The molecule has 0 aliphatic heterocycles. The van der Waals surface area contributed by atoms with Gasteiger partial charge in [-0.1, -0.05) is 54.9 Å². The van der Waals surface area contributed by atoms with Crippen molar-refractivity contribution >= 4 is 27.3 Å². The zero-order chi connectivity index (χ0) is 11.8. The first-order valence-corrected chi connectivity index (χ1v) is 6.86. The van der Waals surface area contributed by atoms with Gasteiger partial charge in [-0.15, -0.1) is 11.3 Å². The monoisotopic (exact) mass is 295 g/mol. The normalized spacial score (nSPS) is 11.8. The summed E-state index contributed by atoms with van der Waals surface area (Å²) in [4.78, 5) is 4.70. The van der Waals surface area contributed by atoms with Crippen molar-refractivity contribution in [1.29, 1.82) is 0 Å². The zero-order valence-corrected chi connectivity index (χ0v) is 12.0. The Kier molecular flexibility index (Phi) is 3.17. The van der Waals surface area contributed by atoms with Crippen LogP contribution >= 0.6 is 27.3 Å². The molecule has 0 aliphatic rings. The van der Waals surface area contributed by atoms with E-state index in [0.717, 1.165) is 15.7 Å². The summed E-state index contributed by atoms with van der Waals surface area (Å²) in [6.45, 7) is 6.57. The van der Waals surface area contributed by atoms with Crippen LogP contribution in [0.3, 0.4) is 0 Å². The molecule has 0 amide bonds. The minimum atomic E-state index is 0.129. The van der Waals surface area contributed by atoms with Gasteiger partial charge in [0.1, 0.15) is 0 Å². The highest BCUT2D eigenvalue weighted by Gasteiger charge is 2.18. The van der Waals surface area contributed by atoms with E-state index in [0.29, 0.717) is 0 Å². The summed E-state index contributed by atoms with van der Waals surface area (Å²) < 4.78 is 1.10. The van der Waals surface area contributed by atoms with E-state index in [1.54, 1.807) is 11.3 Å². The molecule has 1 nitrogen and oxygen atoms in total. The number of nitrogens with zero attached hydrogens (tertiary/aromatic N) is 1. The van der Waals surface area contributed by atoms with Crippen molar-refractivity contribution in [3.8, 4) is 11.3 Å². The fourth-order valence-corrected chi connectivity index (χ4v) is 2.81. The van der Waals surface area contributed by atoms with Gasteiger partial charge in [-0.05, 0) is 6.07 Å². The van der Waals surface area contributed by atoms with Gasteiger partial charge in [-0.2, -0.15) is 0 Å². The molecule has 16 heavy (non-hydrogen) atoms. The predicted octanol–water partition coefficient (Wildman–Crippen LogP) is 4.87. The molecule has 0 radical (unpaired) electrons. The number of hydrogen-bond donors (Lipinski definition) is 0. The molecule has 0 unspecified atom stereocenters. The average Bonchev–Trinajstić information content (AvgIpc) is 2.66. The van der Waals surface area contributed by atoms with E-state index in [-0.39, 0.29) is 5.41 Å².